The van der Waals surface area contributed by atoms with E-state index in [0.717, 1.165) is 0 Å². The van der Waals surface area contributed by atoms with E-state index in [2.05, 4.69) is 15.3 Å². The summed E-state index contributed by atoms with van der Waals surface area (Å²) >= 11 is 0. The maximum absolute atomic E-state index is 11.9. The Morgan fingerprint density at radius 1 is 1.47 bits per heavy atom. The van der Waals surface area contributed by atoms with Gasteiger partial charge in [0.25, 0.3) is 0 Å². The number of hydrogen-bond donors (Lipinski definition) is 1. The molecule has 8 nitrogen and oxygen atoms in total. The fourth-order valence-electron chi connectivity index (χ4n) is 1.26. The average molecular weight is 279 g/mol. The molecule has 1 rings (SSSR count). The third-order valence-electron chi connectivity index (χ3n) is 2.06. The summed E-state index contributed by atoms with van der Waals surface area (Å²) in [5.74, 6) is -0.292. The lowest BCUT2D eigenvalue weighted by Gasteiger charge is -2.07. The zero-order valence-corrected chi connectivity index (χ0v) is 10.6. The van der Waals surface area contributed by atoms with Gasteiger partial charge in [-0.25, -0.2) is 8.42 Å². The number of rotatable bonds is 4. The molecule has 0 aliphatic heterocycles. The fourth-order valence-corrected chi connectivity index (χ4v) is 2.34. The van der Waals surface area contributed by atoms with Gasteiger partial charge in [-0.2, -0.15) is 5.26 Å². The SMILES string of the molecule is CC(=O)Nc1ccc(S(=O)(=O)C(C#N)N=[N+]=[N-])cc1. The van der Waals surface area contributed by atoms with Crippen LogP contribution in [-0.4, -0.2) is 19.7 Å². The Bertz CT molecular complexity index is 668. The van der Waals surface area contributed by atoms with E-state index in [0.29, 0.717) is 5.69 Å². The van der Waals surface area contributed by atoms with Crippen LogP contribution in [0.5, 0.6) is 0 Å². The first kappa shape index (κ1) is 14.5. The largest absolute Gasteiger partial charge is 0.326 e. The molecule has 1 aromatic rings. The van der Waals surface area contributed by atoms with Crippen LogP contribution in [0.4, 0.5) is 5.69 Å². The normalized spacial score (nSPS) is 11.8. The lowest BCUT2D eigenvalue weighted by Crippen LogP contribution is -2.16. The van der Waals surface area contributed by atoms with Crippen LogP contribution in [0.3, 0.4) is 0 Å². The van der Waals surface area contributed by atoms with Crippen molar-refractivity contribution in [3.05, 3.63) is 34.7 Å². The molecule has 9 heteroatoms. The number of nitrogens with one attached hydrogen (secondary N) is 1. The third-order valence-corrected chi connectivity index (χ3v) is 3.78. The highest BCUT2D eigenvalue weighted by molar-refractivity contribution is 7.92. The second-order valence-electron chi connectivity index (χ2n) is 3.44. The molecule has 1 unspecified atom stereocenters. The van der Waals surface area contributed by atoms with Gasteiger partial charge in [0.2, 0.25) is 21.1 Å². The molecule has 0 heterocycles. The summed E-state index contributed by atoms with van der Waals surface area (Å²) in [6, 6.07) is 6.60. The van der Waals surface area contributed by atoms with Crippen LogP contribution in [-0.2, 0) is 14.6 Å². The maximum Gasteiger partial charge on any atom is 0.230 e. The summed E-state index contributed by atoms with van der Waals surface area (Å²) in [5, 5.41) is 12.3. The number of amides is 1. The maximum atomic E-state index is 11.9. The number of carbonyl (C=O) groups is 1. The Balaban J connectivity index is 3.13. The summed E-state index contributed by atoms with van der Waals surface area (Å²) in [5.41, 5.74) is 8.64. The lowest BCUT2D eigenvalue weighted by atomic mass is 10.3. The summed E-state index contributed by atoms with van der Waals surface area (Å²) in [6.07, 6.45) is 0. The van der Waals surface area contributed by atoms with Gasteiger partial charge in [0, 0.05) is 17.5 Å². The Labute approximate surface area is 109 Å². The molecule has 1 aromatic carbocycles. The van der Waals surface area contributed by atoms with E-state index in [-0.39, 0.29) is 10.8 Å². The Morgan fingerprint density at radius 3 is 2.47 bits per heavy atom. The molecular formula is C10H9N5O3S. The molecule has 0 fully saturated rings. The van der Waals surface area contributed by atoms with Gasteiger partial charge >= 0.3 is 0 Å². The molecule has 1 N–H and O–H groups in total. The lowest BCUT2D eigenvalue weighted by molar-refractivity contribution is -0.114. The fraction of sp³-hybridized carbons (Fsp3) is 0.200. The van der Waals surface area contributed by atoms with Crippen LogP contribution < -0.4 is 5.32 Å². The van der Waals surface area contributed by atoms with Gasteiger partial charge in [-0.05, 0) is 29.8 Å². The molecule has 19 heavy (non-hydrogen) atoms. The molecule has 0 bridgehead atoms. The molecule has 0 spiro atoms. The number of benzene rings is 1. The molecule has 0 saturated carbocycles. The van der Waals surface area contributed by atoms with Crippen molar-refractivity contribution >= 4 is 21.4 Å². The van der Waals surface area contributed by atoms with Crippen molar-refractivity contribution in [3.8, 4) is 6.07 Å². The van der Waals surface area contributed by atoms with E-state index >= 15 is 0 Å². The van der Waals surface area contributed by atoms with Crippen molar-refractivity contribution in [2.24, 2.45) is 5.11 Å². The summed E-state index contributed by atoms with van der Waals surface area (Å²) < 4.78 is 23.8. The summed E-state index contributed by atoms with van der Waals surface area (Å²) in [4.78, 5) is 13.0. The number of sulfone groups is 1. The molecule has 0 radical (unpaired) electrons. The van der Waals surface area contributed by atoms with Crippen LogP contribution in [0.1, 0.15) is 6.92 Å². The highest BCUT2D eigenvalue weighted by Gasteiger charge is 2.26. The van der Waals surface area contributed by atoms with Gasteiger partial charge in [0.05, 0.1) is 11.0 Å². The van der Waals surface area contributed by atoms with Crippen molar-refractivity contribution < 1.29 is 13.2 Å². The second-order valence-corrected chi connectivity index (χ2v) is 5.44. The Morgan fingerprint density at radius 2 is 2.05 bits per heavy atom. The highest BCUT2D eigenvalue weighted by atomic mass is 32.2. The summed E-state index contributed by atoms with van der Waals surface area (Å²) in [6.45, 7) is 1.32. The predicted octanol–water partition coefficient (Wildman–Crippen LogP) is 1.58. The quantitative estimate of drug-likeness (QED) is 0.508. The molecule has 98 valence electrons. The molecule has 0 aliphatic carbocycles. The molecule has 0 aromatic heterocycles. The molecular weight excluding hydrogens is 270 g/mol. The average Bonchev–Trinajstić information content (AvgIpc) is 2.35. The highest BCUT2D eigenvalue weighted by Crippen LogP contribution is 2.19. The first-order chi connectivity index (χ1) is 8.91. The van der Waals surface area contributed by atoms with Crippen LogP contribution >= 0.6 is 0 Å². The minimum atomic E-state index is -4.05. The minimum absolute atomic E-state index is 0.166. The standard InChI is InChI=1S/C10H9N5O3S/c1-7(16)13-8-2-4-9(5-3-8)19(17,18)10(6-11)14-15-12/h2-5,10H,1H3,(H,13,16). The number of carbonyl (C=O) groups excluding carboxylic acids is 1. The first-order valence-corrected chi connectivity index (χ1v) is 6.52. The number of hydrogen-bond acceptors (Lipinski definition) is 5. The zero-order valence-electron chi connectivity index (χ0n) is 9.81. The van der Waals surface area contributed by atoms with Gasteiger partial charge in [-0.15, -0.1) is 0 Å². The van der Waals surface area contributed by atoms with E-state index < -0.39 is 15.2 Å². The molecule has 1 atom stereocenters. The van der Waals surface area contributed by atoms with E-state index in [1.54, 1.807) is 0 Å². The number of nitriles is 1. The van der Waals surface area contributed by atoms with Crippen molar-refractivity contribution in [3.63, 3.8) is 0 Å². The summed E-state index contributed by atoms with van der Waals surface area (Å²) in [7, 11) is -4.05. The number of nitrogens with zero attached hydrogens (tertiary/aromatic N) is 4. The van der Waals surface area contributed by atoms with E-state index in [1.165, 1.54) is 37.3 Å². The minimum Gasteiger partial charge on any atom is -0.326 e. The second kappa shape index (κ2) is 5.86. The third kappa shape index (κ3) is 3.45. The van der Waals surface area contributed by atoms with Gasteiger partial charge in [0.15, 0.2) is 0 Å². The van der Waals surface area contributed by atoms with Crippen molar-refractivity contribution in [2.45, 2.75) is 17.2 Å². The van der Waals surface area contributed by atoms with Crippen LogP contribution in [0.2, 0.25) is 0 Å². The van der Waals surface area contributed by atoms with Gasteiger partial charge in [0.1, 0.15) is 0 Å². The monoisotopic (exact) mass is 279 g/mol. The smallest absolute Gasteiger partial charge is 0.230 e. The van der Waals surface area contributed by atoms with Gasteiger partial charge in [-0.1, -0.05) is 5.11 Å². The first-order valence-electron chi connectivity index (χ1n) is 4.97. The number of anilines is 1. The Kier molecular flexibility index (Phi) is 4.47. The Hall–Kier alpha value is -2.56. The molecule has 1 amide bonds. The molecule has 0 saturated heterocycles. The van der Waals surface area contributed by atoms with Crippen molar-refractivity contribution in [1.82, 2.24) is 0 Å². The van der Waals surface area contributed by atoms with Crippen LogP contribution in [0.25, 0.3) is 10.4 Å². The predicted molar refractivity (Wildman–Crippen MR) is 66.5 cm³/mol. The van der Waals surface area contributed by atoms with E-state index in [9.17, 15) is 13.2 Å². The van der Waals surface area contributed by atoms with Crippen LogP contribution in [0, 0.1) is 11.3 Å². The van der Waals surface area contributed by atoms with E-state index in [1.807, 2.05) is 0 Å². The van der Waals surface area contributed by atoms with Crippen molar-refractivity contribution in [1.29, 1.82) is 5.26 Å². The number of azide groups is 1. The van der Waals surface area contributed by atoms with Crippen LogP contribution in [0.15, 0.2) is 34.3 Å². The van der Waals surface area contributed by atoms with Gasteiger partial charge < -0.3 is 5.32 Å². The van der Waals surface area contributed by atoms with E-state index in [4.69, 9.17) is 10.8 Å². The van der Waals surface area contributed by atoms with Crippen molar-refractivity contribution in [2.75, 3.05) is 5.32 Å². The van der Waals surface area contributed by atoms with Gasteiger partial charge in [-0.3, -0.25) is 4.79 Å². The molecule has 0 aliphatic rings. The zero-order chi connectivity index (χ0) is 14.5. The topological polar surface area (TPSA) is 136 Å².